The normalized spacial score (nSPS) is 26.0. The van der Waals surface area contributed by atoms with Crippen molar-refractivity contribution in [2.45, 2.75) is 88.5 Å². The summed E-state index contributed by atoms with van der Waals surface area (Å²) in [6.45, 7) is 3.06. The van der Waals surface area contributed by atoms with E-state index in [0.717, 1.165) is 4.90 Å². The maximum absolute atomic E-state index is 14.2. The minimum Gasteiger partial charge on any atom is -0.507 e. The summed E-state index contributed by atoms with van der Waals surface area (Å²) in [5.41, 5.74) is -2.76. The number of carbonyl (C=O) groups excluding carboxylic acids is 6. The maximum Gasteiger partial charge on any atom is 0.409 e. The third kappa shape index (κ3) is 9.09. The number of ketones is 3. The molecule has 0 saturated carbocycles. The highest BCUT2D eigenvalue weighted by molar-refractivity contribution is 6.31. The van der Waals surface area contributed by atoms with Gasteiger partial charge in [-0.25, -0.2) is 9.59 Å². The van der Waals surface area contributed by atoms with E-state index in [-0.39, 0.29) is 66.1 Å². The molecular weight excluding hydrogens is 893 g/mol. The third-order valence-corrected chi connectivity index (χ3v) is 13.1. The molecule has 3 amide bonds. The molecular formula is C47H54N4O17. The molecule has 3 aromatic carbocycles. The number of Topliss-reactive ketones (excluding diaryl/α,β-unsaturated/α-hetero) is 1. The number of carbonyl (C=O) groups is 6. The number of anilines is 1. The number of aromatic hydroxyl groups is 2. The fourth-order valence-electron chi connectivity index (χ4n) is 9.54. The molecule has 0 bridgehead atoms. The van der Waals surface area contributed by atoms with Crippen LogP contribution in [0, 0.1) is 0 Å². The number of nitrogens with zero attached hydrogens (tertiary/aromatic N) is 3. The molecule has 2 aliphatic carbocycles. The molecule has 21 heteroatoms. The second kappa shape index (κ2) is 19.4. The van der Waals surface area contributed by atoms with Crippen LogP contribution in [0.5, 0.6) is 17.2 Å². The fraction of sp³-hybridized carbons (Fsp3) is 0.489. The summed E-state index contributed by atoms with van der Waals surface area (Å²) in [4.78, 5) is 84.0. The number of methoxy groups -OCH3 is 2. The molecule has 3 saturated heterocycles. The quantitative estimate of drug-likeness (QED) is 0.140. The average molecular weight is 947 g/mol. The first kappa shape index (κ1) is 48.3. The molecule has 68 heavy (non-hydrogen) atoms. The topological polar surface area (TPSA) is 259 Å². The van der Waals surface area contributed by atoms with Crippen molar-refractivity contribution in [2.24, 2.45) is 0 Å². The minimum absolute atomic E-state index is 0.0138. The number of nitrogens with one attached hydrogen (secondary N) is 1. The molecule has 0 spiro atoms. The third-order valence-electron chi connectivity index (χ3n) is 13.1. The minimum atomic E-state index is -2.42. The van der Waals surface area contributed by atoms with E-state index in [4.69, 9.17) is 37.9 Å². The number of rotatable bonds is 13. The van der Waals surface area contributed by atoms with E-state index in [1.165, 1.54) is 58.3 Å². The summed E-state index contributed by atoms with van der Waals surface area (Å²) in [7, 11) is 5.69. The van der Waals surface area contributed by atoms with Crippen LogP contribution in [0.2, 0.25) is 0 Å². The predicted octanol–water partition coefficient (Wildman–Crippen LogP) is 3.01. The van der Waals surface area contributed by atoms with Crippen LogP contribution in [0.15, 0.2) is 42.5 Å². The number of amides is 3. The average Bonchev–Trinajstić information content (AvgIpc) is 3.71. The zero-order valence-electron chi connectivity index (χ0n) is 38.3. The zero-order valence-corrected chi connectivity index (χ0v) is 38.3. The van der Waals surface area contributed by atoms with Crippen LogP contribution in [0.1, 0.15) is 81.3 Å². The molecule has 3 heterocycles. The highest BCUT2D eigenvalue weighted by Gasteiger charge is 2.55. The van der Waals surface area contributed by atoms with Gasteiger partial charge >= 0.3 is 12.2 Å². The van der Waals surface area contributed by atoms with Crippen molar-refractivity contribution < 1.29 is 82.0 Å². The van der Waals surface area contributed by atoms with Gasteiger partial charge < -0.3 is 68.3 Å². The number of hydrogen-bond donors (Lipinski definition) is 4. The first-order chi connectivity index (χ1) is 32.4. The van der Waals surface area contributed by atoms with E-state index in [1.54, 1.807) is 31.2 Å². The summed E-state index contributed by atoms with van der Waals surface area (Å²) < 4.78 is 46.6. The fourth-order valence-corrected chi connectivity index (χ4v) is 9.54. The lowest BCUT2D eigenvalue weighted by Gasteiger charge is -2.43. The van der Waals surface area contributed by atoms with Crippen LogP contribution in [0.3, 0.4) is 0 Å². The van der Waals surface area contributed by atoms with Gasteiger partial charge in [0, 0.05) is 95.4 Å². The van der Waals surface area contributed by atoms with Gasteiger partial charge in [-0.1, -0.05) is 24.3 Å². The maximum atomic E-state index is 14.2. The number of phenolic OH excluding ortho intramolecular Hbond substituents is 2. The van der Waals surface area contributed by atoms with Crippen molar-refractivity contribution in [2.75, 3.05) is 66.5 Å². The van der Waals surface area contributed by atoms with Crippen molar-refractivity contribution in [3.05, 3.63) is 81.4 Å². The number of benzene rings is 3. The molecule has 0 radical (unpaired) electrons. The summed E-state index contributed by atoms with van der Waals surface area (Å²) in [5.74, 6) is -4.20. The molecule has 3 fully saturated rings. The summed E-state index contributed by atoms with van der Waals surface area (Å²) >= 11 is 0. The van der Waals surface area contributed by atoms with Crippen molar-refractivity contribution in [1.29, 1.82) is 0 Å². The number of ether oxygens (including phenoxy) is 8. The second-order valence-corrected chi connectivity index (χ2v) is 17.4. The predicted molar refractivity (Wildman–Crippen MR) is 234 cm³/mol. The Labute approximate surface area is 390 Å². The Balaban J connectivity index is 0.988. The van der Waals surface area contributed by atoms with Gasteiger partial charge in [0.05, 0.1) is 42.6 Å². The number of morpholine rings is 1. The van der Waals surface area contributed by atoms with Crippen molar-refractivity contribution >= 4 is 41.1 Å². The molecule has 3 aromatic rings. The monoisotopic (exact) mass is 946 g/mol. The SMILES string of the molecule is COc1cccc2c1C(=O)c1c(O)c3c(c(O)c1C2=O)C[C@@](O)(C(=O)COC(=O)N(C)CCN(C)C(=O)OCc1ccc(NC(C)=O)cc1)C[C@@H]3OC1C[C@H]2[C@H](O[C@@H]3[C@@H](OC)OCCN32)[C@H](C)O1. The number of phenols is 2. The van der Waals surface area contributed by atoms with Crippen LogP contribution in [-0.2, 0) is 55.8 Å². The molecule has 0 aromatic heterocycles. The Hall–Kier alpha value is -6.20. The van der Waals surface area contributed by atoms with Crippen LogP contribution in [0.4, 0.5) is 15.3 Å². The number of hydrogen-bond acceptors (Lipinski definition) is 18. The lowest BCUT2D eigenvalue weighted by Crippen LogP contribution is -2.55. The Kier molecular flexibility index (Phi) is 13.8. The zero-order chi connectivity index (χ0) is 48.8. The van der Waals surface area contributed by atoms with Crippen molar-refractivity contribution in [1.82, 2.24) is 14.7 Å². The Bertz CT molecular complexity index is 2500. The van der Waals surface area contributed by atoms with E-state index in [2.05, 4.69) is 10.2 Å². The van der Waals surface area contributed by atoms with Crippen LogP contribution < -0.4 is 10.1 Å². The van der Waals surface area contributed by atoms with Gasteiger partial charge in [0.25, 0.3) is 0 Å². The highest BCUT2D eigenvalue weighted by Crippen LogP contribution is 2.53. The van der Waals surface area contributed by atoms with Gasteiger partial charge in [-0.3, -0.25) is 24.1 Å². The van der Waals surface area contributed by atoms with Gasteiger partial charge in [-0.05, 0) is 30.7 Å². The van der Waals surface area contributed by atoms with Gasteiger partial charge in [-0.15, -0.1) is 0 Å². The van der Waals surface area contributed by atoms with Crippen molar-refractivity contribution in [3.8, 4) is 17.2 Å². The lowest BCUT2D eigenvalue weighted by atomic mass is 9.72. The first-order valence-electron chi connectivity index (χ1n) is 22.1. The Morgan fingerprint density at radius 2 is 1.60 bits per heavy atom. The van der Waals surface area contributed by atoms with E-state index < -0.39 is 114 Å². The first-order valence-corrected chi connectivity index (χ1v) is 22.1. The van der Waals surface area contributed by atoms with Crippen LogP contribution in [-0.4, -0.2) is 169 Å². The number of fused-ring (bicyclic) bond motifs is 6. The van der Waals surface area contributed by atoms with Gasteiger partial charge in [0.1, 0.15) is 35.6 Å². The number of likely N-dealkylation sites (N-methyl/N-ethyl adjacent to an activating group) is 2. The Morgan fingerprint density at radius 3 is 2.28 bits per heavy atom. The standard InChI is InChI=1S/C47H54N4O17/c1-23-42-29(51-16-17-63-44(62-6)43(51)68-42)18-33(66-23)67-31-20-47(60,19-28-35(31)41(57)37-36(39(28)55)38(54)27-8-7-9-30(61-5)34(27)40(37)56)32(53)22-65-46(59)50(4)15-14-49(3)45(58)64-21-25-10-12-26(13-11-25)48-24(2)52/h7-13,23,29,31,33,42-44,55,57,60H,14-22H2,1-6H3,(H,48,52)/t23-,29-,31-,33?,42+,43+,44-,47-/m0/s1. The van der Waals surface area contributed by atoms with Gasteiger partial charge in [0.15, 0.2) is 31.2 Å². The second-order valence-electron chi connectivity index (χ2n) is 17.4. The van der Waals surface area contributed by atoms with E-state index >= 15 is 0 Å². The van der Waals surface area contributed by atoms with E-state index in [1.807, 2.05) is 0 Å². The molecule has 5 aliphatic rings. The summed E-state index contributed by atoms with van der Waals surface area (Å²) in [6.07, 6.45) is -7.28. The molecule has 4 N–H and O–H groups in total. The smallest absolute Gasteiger partial charge is 0.409 e. The molecule has 21 nitrogen and oxygen atoms in total. The molecule has 3 aliphatic heterocycles. The van der Waals surface area contributed by atoms with Gasteiger partial charge in [-0.2, -0.15) is 0 Å². The highest BCUT2D eigenvalue weighted by atomic mass is 16.7. The van der Waals surface area contributed by atoms with E-state index in [9.17, 15) is 44.1 Å². The molecule has 8 atom stereocenters. The van der Waals surface area contributed by atoms with Crippen molar-refractivity contribution in [3.63, 3.8) is 0 Å². The van der Waals surface area contributed by atoms with E-state index in [0.29, 0.717) is 24.4 Å². The molecule has 1 unspecified atom stereocenters. The lowest BCUT2D eigenvalue weighted by molar-refractivity contribution is -0.256. The largest absolute Gasteiger partial charge is 0.507 e. The van der Waals surface area contributed by atoms with Crippen LogP contribution in [0.25, 0.3) is 0 Å². The molecule has 364 valence electrons. The Morgan fingerprint density at radius 1 is 0.912 bits per heavy atom. The summed E-state index contributed by atoms with van der Waals surface area (Å²) in [6, 6.07) is 10.8. The number of aliphatic hydroxyl groups is 1. The van der Waals surface area contributed by atoms with Gasteiger partial charge in [0.2, 0.25) is 17.5 Å². The summed E-state index contributed by atoms with van der Waals surface area (Å²) in [5, 5.41) is 39.0. The molecule has 8 rings (SSSR count). The van der Waals surface area contributed by atoms with Crippen LogP contribution >= 0.6 is 0 Å².